The van der Waals surface area contributed by atoms with Crippen LogP contribution in [-0.2, 0) is 4.74 Å². The van der Waals surface area contributed by atoms with Crippen LogP contribution in [0.15, 0.2) is 6.07 Å². The maximum atomic E-state index is 13.3. The zero-order chi connectivity index (χ0) is 10.9. The van der Waals surface area contributed by atoms with E-state index in [1.807, 2.05) is 0 Å². The molecule has 0 aliphatic rings. The maximum Gasteiger partial charge on any atom is 0.343 e. The van der Waals surface area contributed by atoms with E-state index in [1.54, 1.807) is 0 Å². The second-order valence-electron chi connectivity index (χ2n) is 2.77. The van der Waals surface area contributed by atoms with Crippen molar-refractivity contribution in [1.29, 1.82) is 0 Å². The standard InChI is InChI=1S/C9H9F2NO2/c1-4-3-5(10)8(12)6(7(4)11)9(13)14-2/h3H,12H2,1-2H3. The fourth-order valence-corrected chi connectivity index (χ4v) is 1.07. The number of aryl methyl sites for hydroxylation is 1. The molecule has 0 radical (unpaired) electrons. The summed E-state index contributed by atoms with van der Waals surface area (Å²) in [6.45, 7) is 1.34. The lowest BCUT2D eigenvalue weighted by Gasteiger charge is -2.07. The van der Waals surface area contributed by atoms with Crippen molar-refractivity contribution in [3.63, 3.8) is 0 Å². The molecule has 0 aromatic heterocycles. The lowest BCUT2D eigenvalue weighted by atomic mass is 10.1. The minimum Gasteiger partial charge on any atom is -0.465 e. The van der Waals surface area contributed by atoms with E-state index in [2.05, 4.69) is 4.74 Å². The van der Waals surface area contributed by atoms with Crippen LogP contribution >= 0.6 is 0 Å². The van der Waals surface area contributed by atoms with E-state index in [4.69, 9.17) is 5.73 Å². The highest BCUT2D eigenvalue weighted by atomic mass is 19.1. The number of halogens is 2. The van der Waals surface area contributed by atoms with Crippen molar-refractivity contribution in [2.75, 3.05) is 12.8 Å². The van der Waals surface area contributed by atoms with Crippen molar-refractivity contribution in [3.8, 4) is 0 Å². The highest BCUT2D eigenvalue weighted by molar-refractivity contribution is 5.95. The summed E-state index contributed by atoms with van der Waals surface area (Å²) in [7, 11) is 1.07. The summed E-state index contributed by atoms with van der Waals surface area (Å²) in [6, 6.07) is 0.928. The van der Waals surface area contributed by atoms with Gasteiger partial charge in [-0.2, -0.15) is 0 Å². The van der Waals surface area contributed by atoms with Crippen molar-refractivity contribution in [3.05, 3.63) is 28.8 Å². The minimum absolute atomic E-state index is 0.0112. The number of nitrogens with two attached hydrogens (primary N) is 1. The fraction of sp³-hybridized carbons (Fsp3) is 0.222. The molecule has 0 saturated heterocycles. The van der Waals surface area contributed by atoms with Gasteiger partial charge in [0, 0.05) is 0 Å². The normalized spacial score (nSPS) is 10.0. The molecular weight excluding hydrogens is 192 g/mol. The lowest BCUT2D eigenvalue weighted by Crippen LogP contribution is -2.11. The van der Waals surface area contributed by atoms with Gasteiger partial charge in [0.2, 0.25) is 0 Å². The summed E-state index contributed by atoms with van der Waals surface area (Å²) < 4.78 is 30.6. The van der Waals surface area contributed by atoms with E-state index >= 15 is 0 Å². The zero-order valence-corrected chi connectivity index (χ0v) is 7.73. The Bertz CT molecular complexity index is 365. The van der Waals surface area contributed by atoms with Crippen molar-refractivity contribution < 1.29 is 18.3 Å². The number of esters is 1. The van der Waals surface area contributed by atoms with E-state index in [9.17, 15) is 13.6 Å². The summed E-state index contributed by atoms with van der Waals surface area (Å²) >= 11 is 0. The third-order valence-electron chi connectivity index (χ3n) is 1.83. The quantitative estimate of drug-likeness (QED) is 0.555. The number of hydrogen-bond donors (Lipinski definition) is 1. The molecule has 0 fully saturated rings. The van der Waals surface area contributed by atoms with Crippen LogP contribution < -0.4 is 5.73 Å². The van der Waals surface area contributed by atoms with Crippen LogP contribution in [-0.4, -0.2) is 13.1 Å². The average molecular weight is 201 g/mol. The number of methoxy groups -OCH3 is 1. The molecule has 5 heteroatoms. The molecule has 3 nitrogen and oxygen atoms in total. The fourth-order valence-electron chi connectivity index (χ4n) is 1.07. The monoisotopic (exact) mass is 201 g/mol. The van der Waals surface area contributed by atoms with E-state index in [1.165, 1.54) is 6.92 Å². The molecule has 1 aromatic rings. The van der Waals surface area contributed by atoms with Gasteiger partial charge in [-0.15, -0.1) is 0 Å². The summed E-state index contributed by atoms with van der Waals surface area (Å²) in [4.78, 5) is 11.1. The molecule has 0 aliphatic heterocycles. The van der Waals surface area contributed by atoms with E-state index in [-0.39, 0.29) is 5.56 Å². The number of carbonyl (C=O) groups excluding carboxylic acids is 1. The number of benzene rings is 1. The highest BCUT2D eigenvalue weighted by Gasteiger charge is 2.21. The molecule has 1 aromatic carbocycles. The number of hydrogen-bond acceptors (Lipinski definition) is 3. The zero-order valence-electron chi connectivity index (χ0n) is 7.73. The molecule has 2 N–H and O–H groups in total. The van der Waals surface area contributed by atoms with Crippen LogP contribution in [0.1, 0.15) is 15.9 Å². The molecular formula is C9H9F2NO2. The van der Waals surface area contributed by atoms with Gasteiger partial charge in [-0.3, -0.25) is 0 Å². The molecule has 1 rings (SSSR count). The molecule has 76 valence electrons. The number of anilines is 1. The summed E-state index contributed by atoms with van der Waals surface area (Å²) in [5.74, 6) is -2.66. The Morgan fingerprint density at radius 1 is 1.50 bits per heavy atom. The predicted molar refractivity (Wildman–Crippen MR) is 46.8 cm³/mol. The minimum atomic E-state index is -0.984. The Hall–Kier alpha value is -1.65. The molecule has 0 spiro atoms. The largest absolute Gasteiger partial charge is 0.465 e. The van der Waals surface area contributed by atoms with Crippen LogP contribution in [0.25, 0.3) is 0 Å². The van der Waals surface area contributed by atoms with Crippen LogP contribution in [0.3, 0.4) is 0 Å². The van der Waals surface area contributed by atoms with E-state index in [0.717, 1.165) is 13.2 Å². The summed E-state index contributed by atoms with van der Waals surface area (Å²) in [6.07, 6.45) is 0. The van der Waals surface area contributed by atoms with Gasteiger partial charge in [0.1, 0.15) is 17.2 Å². The second-order valence-corrected chi connectivity index (χ2v) is 2.77. The Morgan fingerprint density at radius 2 is 2.07 bits per heavy atom. The molecule has 0 amide bonds. The van der Waals surface area contributed by atoms with Gasteiger partial charge in [0.05, 0.1) is 12.8 Å². The van der Waals surface area contributed by atoms with Crippen molar-refractivity contribution in [1.82, 2.24) is 0 Å². The average Bonchev–Trinajstić information content (AvgIpc) is 2.15. The topological polar surface area (TPSA) is 52.3 Å². The first-order valence-corrected chi connectivity index (χ1v) is 3.81. The Labute approximate surface area is 79.5 Å². The first-order valence-electron chi connectivity index (χ1n) is 3.81. The van der Waals surface area contributed by atoms with Crippen LogP contribution in [0.5, 0.6) is 0 Å². The van der Waals surface area contributed by atoms with Gasteiger partial charge in [-0.25, -0.2) is 13.6 Å². The van der Waals surface area contributed by atoms with Crippen molar-refractivity contribution in [2.24, 2.45) is 0 Å². The Balaban J connectivity index is 3.47. The van der Waals surface area contributed by atoms with E-state index in [0.29, 0.717) is 0 Å². The first kappa shape index (κ1) is 10.4. The second kappa shape index (κ2) is 3.61. The molecule has 0 unspecified atom stereocenters. The first-order chi connectivity index (χ1) is 6.49. The van der Waals surface area contributed by atoms with Crippen LogP contribution in [0.4, 0.5) is 14.5 Å². The van der Waals surface area contributed by atoms with Crippen LogP contribution in [0, 0.1) is 18.6 Å². The smallest absolute Gasteiger partial charge is 0.343 e. The Morgan fingerprint density at radius 3 is 2.57 bits per heavy atom. The van der Waals surface area contributed by atoms with Gasteiger partial charge < -0.3 is 10.5 Å². The predicted octanol–water partition coefficient (Wildman–Crippen LogP) is 1.64. The number of ether oxygens (including phenoxy) is 1. The number of nitrogen functional groups attached to an aromatic ring is 1. The third kappa shape index (κ3) is 1.53. The van der Waals surface area contributed by atoms with E-state index < -0.39 is 28.9 Å². The van der Waals surface area contributed by atoms with Crippen molar-refractivity contribution in [2.45, 2.75) is 6.92 Å². The van der Waals surface area contributed by atoms with Gasteiger partial charge in [-0.1, -0.05) is 0 Å². The molecule has 0 atom stereocenters. The van der Waals surface area contributed by atoms with Crippen molar-refractivity contribution >= 4 is 11.7 Å². The van der Waals surface area contributed by atoms with Gasteiger partial charge >= 0.3 is 5.97 Å². The Kier molecular flexibility index (Phi) is 2.69. The molecule has 0 heterocycles. The van der Waals surface area contributed by atoms with Gasteiger partial charge in [-0.05, 0) is 18.6 Å². The SMILES string of the molecule is COC(=O)c1c(N)c(F)cc(C)c1F. The molecule has 0 saturated carbocycles. The lowest BCUT2D eigenvalue weighted by molar-refractivity contribution is 0.0596. The summed E-state index contributed by atoms with van der Waals surface area (Å²) in [5, 5.41) is 0. The third-order valence-corrected chi connectivity index (χ3v) is 1.83. The number of rotatable bonds is 1. The highest BCUT2D eigenvalue weighted by Crippen LogP contribution is 2.23. The van der Waals surface area contributed by atoms with Crippen LogP contribution in [0.2, 0.25) is 0 Å². The van der Waals surface area contributed by atoms with Gasteiger partial charge in [0.25, 0.3) is 0 Å². The molecule has 14 heavy (non-hydrogen) atoms. The molecule has 0 bridgehead atoms. The summed E-state index contributed by atoms with van der Waals surface area (Å²) in [5.41, 5.74) is 4.15. The van der Waals surface area contributed by atoms with Gasteiger partial charge in [0.15, 0.2) is 0 Å². The molecule has 0 aliphatic carbocycles. The number of carbonyl (C=O) groups is 1. The maximum absolute atomic E-state index is 13.3.